The first-order chi connectivity index (χ1) is 8.00. The van der Waals surface area contributed by atoms with Crippen LogP contribution in [0.2, 0.25) is 10.6 Å². The quantitative estimate of drug-likeness (QED) is 0.464. The van der Waals surface area contributed by atoms with Gasteiger partial charge in [-0.15, -0.1) is 0 Å². The molecule has 0 aliphatic carbocycles. The molecule has 0 N–H and O–H groups in total. The van der Waals surface area contributed by atoms with Crippen molar-refractivity contribution in [2.24, 2.45) is 0 Å². The van der Waals surface area contributed by atoms with Crippen molar-refractivity contribution in [3.63, 3.8) is 0 Å². The van der Waals surface area contributed by atoms with Crippen molar-refractivity contribution in [3.05, 3.63) is 0 Å². The Morgan fingerprint density at radius 2 is 0.688 bits per heavy atom. The van der Waals surface area contributed by atoms with Gasteiger partial charge in [-0.3, -0.25) is 0 Å². The summed E-state index contributed by atoms with van der Waals surface area (Å²) in [5.74, 6) is 0. The molecule has 1 aliphatic rings. The molecule has 1 aliphatic heterocycles. The van der Waals surface area contributed by atoms with E-state index in [2.05, 4.69) is 0 Å². The predicted octanol–water partition coefficient (Wildman–Crippen LogP) is 3.30. The molecule has 0 spiro atoms. The van der Waals surface area contributed by atoms with E-state index in [1.54, 1.807) is 23.5 Å². The fraction of sp³-hybridized carbons (Fsp3) is 1.00. The van der Waals surface area contributed by atoms with Gasteiger partial charge in [-0.2, -0.15) is 0 Å². The maximum absolute atomic E-state index is 1.62. The monoisotopic (exact) mass is 488 g/mol. The standard InChI is InChI=1S/C12H24Se4/c1-2-4-6-8-10-12-14-16-15-13-11-9-7-5-3-1/h1-12H2. The van der Waals surface area contributed by atoms with Gasteiger partial charge in [-0.25, -0.2) is 0 Å². The molecule has 0 saturated carbocycles. The molecule has 0 atom stereocenters. The first-order valence-corrected chi connectivity index (χ1v) is 22.0. The Labute approximate surface area is 123 Å². The molecule has 16 heavy (non-hydrogen) atoms. The van der Waals surface area contributed by atoms with Gasteiger partial charge in [0.25, 0.3) is 0 Å². The van der Waals surface area contributed by atoms with E-state index in [1.165, 1.54) is 51.4 Å². The molecule has 96 valence electrons. The van der Waals surface area contributed by atoms with E-state index in [0.29, 0.717) is 0 Å². The molecule has 1 fully saturated rings. The molecule has 0 nitrogen and oxygen atoms in total. The van der Waals surface area contributed by atoms with Crippen LogP contribution in [-0.4, -0.2) is 48.9 Å². The molecule has 0 unspecified atom stereocenters. The molecule has 1 saturated heterocycles. The third kappa shape index (κ3) is 11.2. The molecule has 0 aromatic heterocycles. The van der Waals surface area contributed by atoms with Crippen LogP contribution in [0.5, 0.6) is 0 Å². The van der Waals surface area contributed by atoms with Crippen LogP contribution in [0, 0.1) is 0 Å². The fourth-order valence-electron chi connectivity index (χ4n) is 1.84. The molecule has 0 amide bonds. The molecule has 4 heteroatoms. The summed E-state index contributed by atoms with van der Waals surface area (Å²) in [6.45, 7) is 0. The normalized spacial score (nSPS) is 24.0. The van der Waals surface area contributed by atoms with Crippen molar-refractivity contribution in [2.45, 2.75) is 74.8 Å². The van der Waals surface area contributed by atoms with Gasteiger partial charge in [-0.05, 0) is 0 Å². The van der Waals surface area contributed by atoms with Crippen molar-refractivity contribution < 1.29 is 0 Å². The SMILES string of the molecule is C1CCCCCC[Se][Se][Se][Se]CCCCC1. The minimum atomic E-state index is 1.09. The Morgan fingerprint density at radius 3 is 1.06 bits per heavy atom. The van der Waals surface area contributed by atoms with Crippen LogP contribution in [-0.2, 0) is 0 Å². The molecule has 1 heterocycles. The van der Waals surface area contributed by atoms with E-state index in [9.17, 15) is 0 Å². The second kappa shape index (κ2) is 13.5. The summed E-state index contributed by atoms with van der Waals surface area (Å²) in [6, 6.07) is 0. The van der Waals surface area contributed by atoms with Crippen molar-refractivity contribution in [3.8, 4) is 0 Å². The third-order valence-corrected chi connectivity index (χ3v) is 42.0. The van der Waals surface area contributed by atoms with Gasteiger partial charge in [0.1, 0.15) is 0 Å². The average molecular weight is 484 g/mol. The summed E-state index contributed by atoms with van der Waals surface area (Å²) >= 11 is 4.45. The Morgan fingerprint density at radius 1 is 0.375 bits per heavy atom. The van der Waals surface area contributed by atoms with E-state index in [1.807, 2.05) is 0 Å². The summed E-state index contributed by atoms with van der Waals surface area (Å²) in [7, 11) is 0. The van der Waals surface area contributed by atoms with Crippen LogP contribution in [0.15, 0.2) is 0 Å². The number of hydrogen-bond donors (Lipinski definition) is 0. The van der Waals surface area contributed by atoms with E-state index < -0.39 is 0 Å². The first kappa shape index (κ1) is 16.1. The van der Waals surface area contributed by atoms with Gasteiger partial charge in [0.2, 0.25) is 0 Å². The van der Waals surface area contributed by atoms with Crippen LogP contribution in [0.25, 0.3) is 0 Å². The summed E-state index contributed by atoms with van der Waals surface area (Å²) in [5, 5.41) is 3.23. The molecular formula is C12H24Se4. The summed E-state index contributed by atoms with van der Waals surface area (Å²) in [5.41, 5.74) is 0. The summed E-state index contributed by atoms with van der Waals surface area (Å²) < 4.78 is 0. The summed E-state index contributed by atoms with van der Waals surface area (Å²) in [4.78, 5) is 0. The topological polar surface area (TPSA) is 0 Å². The average Bonchev–Trinajstić information content (AvgIpc) is 2.29. The van der Waals surface area contributed by atoms with Gasteiger partial charge < -0.3 is 0 Å². The van der Waals surface area contributed by atoms with Gasteiger partial charge in [0.05, 0.1) is 0 Å². The Bertz CT molecular complexity index is 77.0. The van der Waals surface area contributed by atoms with Crippen LogP contribution >= 0.6 is 0 Å². The molecule has 0 radical (unpaired) electrons. The predicted molar refractivity (Wildman–Crippen MR) is 78.8 cm³/mol. The zero-order chi connectivity index (χ0) is 11.3. The third-order valence-electron chi connectivity index (χ3n) is 2.83. The second-order valence-corrected chi connectivity index (χ2v) is 31.1. The number of hydrogen-bond acceptors (Lipinski definition) is 0. The number of rotatable bonds is 0. The van der Waals surface area contributed by atoms with E-state index in [-0.39, 0.29) is 0 Å². The first-order valence-electron chi connectivity index (χ1n) is 6.58. The van der Waals surface area contributed by atoms with Crippen LogP contribution in [0.4, 0.5) is 0 Å². The molecule has 0 bridgehead atoms. The van der Waals surface area contributed by atoms with Gasteiger partial charge >= 0.3 is 124 Å². The van der Waals surface area contributed by atoms with Crippen molar-refractivity contribution in [2.75, 3.05) is 0 Å². The summed E-state index contributed by atoms with van der Waals surface area (Å²) in [6.07, 6.45) is 15.3. The van der Waals surface area contributed by atoms with Gasteiger partial charge in [0, 0.05) is 0 Å². The van der Waals surface area contributed by atoms with E-state index in [4.69, 9.17) is 0 Å². The van der Waals surface area contributed by atoms with E-state index >= 15 is 0 Å². The van der Waals surface area contributed by atoms with Gasteiger partial charge in [-0.1, -0.05) is 0 Å². The van der Waals surface area contributed by atoms with Crippen molar-refractivity contribution in [1.29, 1.82) is 0 Å². The van der Waals surface area contributed by atoms with E-state index in [0.717, 1.165) is 48.9 Å². The van der Waals surface area contributed by atoms with Crippen LogP contribution < -0.4 is 0 Å². The van der Waals surface area contributed by atoms with Crippen molar-refractivity contribution >= 4 is 48.9 Å². The van der Waals surface area contributed by atoms with Crippen LogP contribution in [0.3, 0.4) is 0 Å². The Kier molecular flexibility index (Phi) is 13.6. The molecule has 1 rings (SSSR count). The molecular weight excluding hydrogens is 460 g/mol. The zero-order valence-corrected chi connectivity index (χ0v) is 17.0. The van der Waals surface area contributed by atoms with Gasteiger partial charge in [0.15, 0.2) is 0 Å². The van der Waals surface area contributed by atoms with Crippen LogP contribution in [0.1, 0.15) is 64.2 Å². The molecule has 0 aromatic carbocycles. The van der Waals surface area contributed by atoms with Crippen molar-refractivity contribution in [1.82, 2.24) is 0 Å². The second-order valence-electron chi connectivity index (χ2n) is 4.32. The maximum atomic E-state index is 1.62. The Balaban J connectivity index is 2.00. The molecule has 0 aromatic rings. The minimum absolute atomic E-state index is 1.09. The fourth-order valence-corrected chi connectivity index (χ4v) is 43.8. The zero-order valence-electron chi connectivity index (χ0n) is 10.1. The Hall–Kier alpha value is 2.08.